The van der Waals surface area contributed by atoms with E-state index < -0.39 is 126 Å². The van der Waals surface area contributed by atoms with Gasteiger partial charge in [0.25, 0.3) is 0 Å². The fourth-order valence-electron chi connectivity index (χ4n) is 2.57. The number of aliphatic carboxylic acids is 1. The predicted molar refractivity (Wildman–Crippen MR) is 127 cm³/mol. The fourth-order valence-corrected chi connectivity index (χ4v) is 2.57. The summed E-state index contributed by atoms with van der Waals surface area (Å²) in [5, 5.41) is 81.8. The van der Waals surface area contributed by atoms with Gasteiger partial charge in [-0.2, -0.15) is 0 Å². The van der Waals surface area contributed by atoms with E-state index in [1.165, 1.54) is 0 Å². The van der Waals surface area contributed by atoms with Crippen molar-refractivity contribution in [3.05, 3.63) is 0 Å². The molecule has 0 radical (unpaired) electrons. The van der Waals surface area contributed by atoms with Gasteiger partial charge in [-0.25, -0.2) is 4.79 Å². The maximum Gasteiger partial charge on any atom is 0.334 e. The summed E-state index contributed by atoms with van der Waals surface area (Å²) in [4.78, 5) is 47.7. The first kappa shape index (κ1) is 36.5. The zero-order chi connectivity index (χ0) is 30.1. The van der Waals surface area contributed by atoms with Gasteiger partial charge in [-0.3, -0.25) is 30.3 Å². The van der Waals surface area contributed by atoms with Gasteiger partial charge in [-0.15, -0.1) is 0 Å². The molecule has 1 unspecified atom stereocenters. The Labute approximate surface area is 223 Å². The molecule has 0 fully saturated rings. The Balaban J connectivity index is 5.66. The first-order valence-electron chi connectivity index (χ1n) is 11.6. The summed E-state index contributed by atoms with van der Waals surface area (Å²) in [5.74, 6) is -4.57. The molecular weight excluding hydrogens is 534 g/mol. The smallest absolute Gasteiger partial charge is 0.334 e. The van der Waals surface area contributed by atoms with Crippen LogP contribution >= 0.6 is 0 Å². The molecule has 0 aliphatic heterocycles. The lowest BCUT2D eigenvalue weighted by atomic mass is 10.0. The number of carboxylic acid groups (broad SMARTS) is 1. The van der Waals surface area contributed by atoms with E-state index in [1.807, 2.05) is 0 Å². The second kappa shape index (κ2) is 17.9. The number of aliphatic hydroxyl groups excluding tert-OH is 7. The van der Waals surface area contributed by atoms with Crippen molar-refractivity contribution in [2.45, 2.75) is 29.6 Å². The third-order valence-electron chi connectivity index (χ3n) is 5.50. The van der Waals surface area contributed by atoms with E-state index in [0.29, 0.717) is 0 Å². The van der Waals surface area contributed by atoms with Gasteiger partial charge in [0.05, 0.1) is 70.4 Å². The quantitative estimate of drug-likeness (QED) is 0.0423. The molecule has 0 spiro atoms. The summed E-state index contributed by atoms with van der Waals surface area (Å²) in [6.07, 6.45) is -1.58. The standard InChI is InChI=1S/C21H39N3O15/c1-14(31)18(36)39-13-21(22-2-15(32)33,11-37-16(34)3-23-19(5-25,6-26)7-27)12-38-17(35)4-24-20(8-28,9-29)10-30/h14,22-31H,2-13H2,1H3,(H,32,33). The summed E-state index contributed by atoms with van der Waals surface area (Å²) in [6.45, 7) is -7.66. The molecular formula is C21H39N3O15. The number of nitrogens with one attached hydrogen (secondary N) is 3. The zero-order valence-electron chi connectivity index (χ0n) is 21.5. The molecule has 0 aromatic carbocycles. The Morgan fingerprint density at radius 3 is 1.26 bits per heavy atom. The Kier molecular flexibility index (Phi) is 16.8. The predicted octanol–water partition coefficient (Wildman–Crippen LogP) is -6.98. The van der Waals surface area contributed by atoms with Crippen LogP contribution in [-0.2, 0) is 33.4 Å². The minimum absolute atomic E-state index is 0.639. The van der Waals surface area contributed by atoms with Crippen molar-refractivity contribution < 1.29 is 74.2 Å². The Bertz CT molecular complexity index is 715. The highest BCUT2D eigenvalue weighted by Crippen LogP contribution is 2.11. The van der Waals surface area contributed by atoms with Crippen LogP contribution in [0.5, 0.6) is 0 Å². The molecule has 228 valence electrons. The van der Waals surface area contributed by atoms with Gasteiger partial charge in [0.1, 0.15) is 31.5 Å². The molecule has 1 atom stereocenters. The van der Waals surface area contributed by atoms with Crippen LogP contribution in [0.1, 0.15) is 6.92 Å². The van der Waals surface area contributed by atoms with Crippen LogP contribution < -0.4 is 16.0 Å². The average molecular weight is 574 g/mol. The highest BCUT2D eigenvalue weighted by molar-refractivity contribution is 5.74. The topological polar surface area (TPSA) is 294 Å². The van der Waals surface area contributed by atoms with Gasteiger partial charge >= 0.3 is 23.9 Å². The molecule has 0 aromatic rings. The highest BCUT2D eigenvalue weighted by Gasteiger charge is 2.37. The number of hydrogen-bond donors (Lipinski definition) is 11. The summed E-state index contributed by atoms with van der Waals surface area (Å²) in [5.41, 5.74) is -5.09. The van der Waals surface area contributed by atoms with E-state index in [0.717, 1.165) is 6.92 Å². The molecule has 0 heterocycles. The van der Waals surface area contributed by atoms with E-state index in [2.05, 4.69) is 16.0 Å². The SMILES string of the molecule is CC(O)C(=O)OCC(COC(=O)CNC(CO)(CO)CO)(COC(=O)CNC(CO)(CO)CO)NCC(=O)O. The monoisotopic (exact) mass is 573 g/mol. The lowest BCUT2D eigenvalue weighted by molar-refractivity contribution is -0.161. The summed E-state index contributed by atoms with van der Waals surface area (Å²) >= 11 is 0. The van der Waals surface area contributed by atoms with Crippen molar-refractivity contribution in [1.82, 2.24) is 16.0 Å². The van der Waals surface area contributed by atoms with E-state index in [-0.39, 0.29) is 0 Å². The molecule has 39 heavy (non-hydrogen) atoms. The summed E-state index contributed by atoms with van der Waals surface area (Å²) in [7, 11) is 0. The molecule has 0 amide bonds. The van der Waals surface area contributed by atoms with E-state index in [9.17, 15) is 54.9 Å². The Morgan fingerprint density at radius 1 is 0.615 bits per heavy atom. The maximum atomic E-state index is 12.3. The van der Waals surface area contributed by atoms with Gasteiger partial charge in [0.15, 0.2) is 0 Å². The van der Waals surface area contributed by atoms with E-state index in [4.69, 9.17) is 19.3 Å². The highest BCUT2D eigenvalue weighted by atomic mass is 16.6. The second-order valence-electron chi connectivity index (χ2n) is 8.85. The van der Waals surface area contributed by atoms with Crippen LogP contribution in [0.15, 0.2) is 0 Å². The molecule has 18 heteroatoms. The van der Waals surface area contributed by atoms with Crippen molar-refractivity contribution in [2.75, 3.05) is 79.1 Å². The number of carbonyl (C=O) groups is 4. The number of aliphatic hydroxyl groups is 7. The molecule has 0 rings (SSSR count). The van der Waals surface area contributed by atoms with Crippen molar-refractivity contribution in [2.24, 2.45) is 0 Å². The third kappa shape index (κ3) is 12.9. The first-order valence-corrected chi connectivity index (χ1v) is 11.6. The van der Waals surface area contributed by atoms with Crippen molar-refractivity contribution >= 4 is 23.9 Å². The molecule has 11 N–H and O–H groups in total. The van der Waals surface area contributed by atoms with Gasteiger partial charge < -0.3 is 55.1 Å². The van der Waals surface area contributed by atoms with Crippen molar-refractivity contribution in [3.8, 4) is 0 Å². The number of esters is 3. The lowest BCUT2D eigenvalue weighted by Gasteiger charge is -2.34. The minimum atomic E-state index is -1.86. The zero-order valence-corrected chi connectivity index (χ0v) is 21.5. The second-order valence-corrected chi connectivity index (χ2v) is 8.85. The molecule has 18 nitrogen and oxygen atoms in total. The molecule has 0 aromatic heterocycles. The normalized spacial score (nSPS) is 13.0. The number of carboxylic acids is 1. The van der Waals surface area contributed by atoms with E-state index in [1.54, 1.807) is 0 Å². The number of hydrogen-bond acceptors (Lipinski definition) is 17. The van der Waals surface area contributed by atoms with Crippen molar-refractivity contribution in [1.29, 1.82) is 0 Å². The molecule has 0 saturated carbocycles. The summed E-state index contributed by atoms with van der Waals surface area (Å²) < 4.78 is 15.1. The number of rotatable bonds is 22. The molecule has 0 saturated heterocycles. The Hall–Kier alpha value is -2.52. The Morgan fingerprint density at radius 2 is 0.949 bits per heavy atom. The lowest BCUT2D eigenvalue weighted by Crippen LogP contribution is -2.60. The van der Waals surface area contributed by atoms with Crippen LogP contribution in [-0.4, -0.2) is 167 Å². The molecule has 0 aliphatic carbocycles. The van der Waals surface area contributed by atoms with Gasteiger partial charge in [-0.1, -0.05) is 0 Å². The molecule has 0 aliphatic rings. The van der Waals surface area contributed by atoms with Crippen LogP contribution in [0.4, 0.5) is 0 Å². The first-order chi connectivity index (χ1) is 18.3. The van der Waals surface area contributed by atoms with Crippen LogP contribution in [0, 0.1) is 0 Å². The minimum Gasteiger partial charge on any atom is -0.480 e. The van der Waals surface area contributed by atoms with Gasteiger partial charge in [-0.05, 0) is 6.92 Å². The third-order valence-corrected chi connectivity index (χ3v) is 5.50. The molecule has 0 bridgehead atoms. The van der Waals surface area contributed by atoms with Gasteiger partial charge in [0, 0.05) is 0 Å². The van der Waals surface area contributed by atoms with Crippen molar-refractivity contribution in [3.63, 3.8) is 0 Å². The maximum absolute atomic E-state index is 12.3. The number of ether oxygens (including phenoxy) is 3. The van der Waals surface area contributed by atoms with E-state index >= 15 is 0 Å². The number of carbonyl (C=O) groups excluding carboxylic acids is 3. The summed E-state index contributed by atoms with van der Waals surface area (Å²) in [6, 6.07) is 0. The fraction of sp³-hybridized carbons (Fsp3) is 0.810. The van der Waals surface area contributed by atoms with Gasteiger partial charge in [0.2, 0.25) is 0 Å². The van der Waals surface area contributed by atoms with Crippen LogP contribution in [0.25, 0.3) is 0 Å². The van der Waals surface area contributed by atoms with Crippen LogP contribution in [0.3, 0.4) is 0 Å². The average Bonchev–Trinajstić information content (AvgIpc) is 2.94. The van der Waals surface area contributed by atoms with Crippen LogP contribution in [0.2, 0.25) is 0 Å². The largest absolute Gasteiger partial charge is 0.480 e.